The SMILES string of the molecule is NC(=O)Cc1ccc(CCCCc2ccccc2C(F)(F)F)cc1. The second kappa shape index (κ2) is 7.99. The second-order valence-electron chi connectivity index (χ2n) is 5.82. The standard InChI is InChI=1S/C19H20F3NO/c20-19(21,22)17-8-4-3-7-16(17)6-2-1-5-14-9-11-15(12-10-14)13-18(23)24/h3-4,7-12H,1-2,5-6,13H2,(H2,23,24). The third-order valence-corrected chi connectivity index (χ3v) is 3.89. The molecule has 2 N–H and O–H groups in total. The predicted octanol–water partition coefficient (Wildman–Crippen LogP) is 4.30. The number of rotatable bonds is 7. The zero-order chi connectivity index (χ0) is 17.6. The van der Waals surface area contributed by atoms with Crippen molar-refractivity contribution in [1.82, 2.24) is 0 Å². The molecule has 0 spiro atoms. The van der Waals surface area contributed by atoms with Crippen LogP contribution in [-0.4, -0.2) is 5.91 Å². The van der Waals surface area contributed by atoms with E-state index in [0.29, 0.717) is 18.4 Å². The number of unbranched alkanes of at least 4 members (excludes halogenated alkanes) is 1. The van der Waals surface area contributed by atoms with Crippen molar-refractivity contribution in [3.8, 4) is 0 Å². The highest BCUT2D eigenvalue weighted by Crippen LogP contribution is 2.32. The van der Waals surface area contributed by atoms with Crippen LogP contribution in [0, 0.1) is 0 Å². The fraction of sp³-hybridized carbons (Fsp3) is 0.316. The van der Waals surface area contributed by atoms with E-state index in [-0.39, 0.29) is 12.3 Å². The summed E-state index contributed by atoms with van der Waals surface area (Å²) in [6.07, 6.45) is -1.38. The molecule has 0 aliphatic carbocycles. The summed E-state index contributed by atoms with van der Waals surface area (Å²) in [7, 11) is 0. The number of halogens is 3. The number of hydrogen-bond acceptors (Lipinski definition) is 1. The lowest BCUT2D eigenvalue weighted by Gasteiger charge is -2.12. The molecule has 2 aromatic rings. The number of amides is 1. The Morgan fingerprint density at radius 3 is 2.08 bits per heavy atom. The van der Waals surface area contributed by atoms with Gasteiger partial charge in [0, 0.05) is 0 Å². The number of primary amides is 1. The highest BCUT2D eigenvalue weighted by Gasteiger charge is 2.32. The first-order valence-electron chi connectivity index (χ1n) is 7.87. The highest BCUT2D eigenvalue weighted by molar-refractivity contribution is 5.76. The molecule has 0 aliphatic heterocycles. The molecule has 0 radical (unpaired) electrons. The van der Waals surface area contributed by atoms with Gasteiger partial charge in [0.2, 0.25) is 5.91 Å². The van der Waals surface area contributed by atoms with Gasteiger partial charge in [-0.1, -0.05) is 42.5 Å². The molecule has 0 unspecified atom stereocenters. The lowest BCUT2D eigenvalue weighted by atomic mass is 9.99. The number of nitrogens with two attached hydrogens (primary N) is 1. The Bertz CT molecular complexity index is 678. The van der Waals surface area contributed by atoms with Gasteiger partial charge in [0.25, 0.3) is 0 Å². The van der Waals surface area contributed by atoms with E-state index in [1.807, 2.05) is 24.3 Å². The van der Waals surface area contributed by atoms with E-state index in [1.165, 1.54) is 6.07 Å². The van der Waals surface area contributed by atoms with Crippen LogP contribution in [0.3, 0.4) is 0 Å². The average Bonchev–Trinajstić information content (AvgIpc) is 2.52. The van der Waals surface area contributed by atoms with E-state index in [1.54, 1.807) is 12.1 Å². The van der Waals surface area contributed by atoms with Gasteiger partial charge in [-0.05, 0) is 48.4 Å². The van der Waals surface area contributed by atoms with Crippen LogP contribution in [0.5, 0.6) is 0 Å². The summed E-state index contributed by atoms with van der Waals surface area (Å²) in [5.74, 6) is -0.369. The quantitative estimate of drug-likeness (QED) is 0.753. The molecule has 24 heavy (non-hydrogen) atoms. The van der Waals surface area contributed by atoms with Gasteiger partial charge < -0.3 is 5.73 Å². The first kappa shape index (κ1) is 18.0. The van der Waals surface area contributed by atoms with Crippen LogP contribution in [-0.2, 0) is 30.2 Å². The summed E-state index contributed by atoms with van der Waals surface area (Å²) in [6, 6.07) is 13.3. The van der Waals surface area contributed by atoms with Gasteiger partial charge in [-0.3, -0.25) is 4.79 Å². The molecular weight excluding hydrogens is 315 g/mol. The monoisotopic (exact) mass is 335 g/mol. The summed E-state index contributed by atoms with van der Waals surface area (Å²) in [5.41, 5.74) is 6.92. The van der Waals surface area contributed by atoms with Crippen LogP contribution in [0.15, 0.2) is 48.5 Å². The van der Waals surface area contributed by atoms with E-state index in [9.17, 15) is 18.0 Å². The van der Waals surface area contributed by atoms with Crippen molar-refractivity contribution in [1.29, 1.82) is 0 Å². The van der Waals surface area contributed by atoms with E-state index in [0.717, 1.165) is 30.0 Å². The molecule has 5 heteroatoms. The topological polar surface area (TPSA) is 43.1 Å². The fourth-order valence-corrected chi connectivity index (χ4v) is 2.68. The zero-order valence-corrected chi connectivity index (χ0v) is 13.3. The molecule has 0 heterocycles. The number of aryl methyl sites for hydroxylation is 2. The minimum Gasteiger partial charge on any atom is -0.369 e. The van der Waals surface area contributed by atoms with Gasteiger partial charge in [-0.25, -0.2) is 0 Å². The summed E-state index contributed by atoms with van der Waals surface area (Å²) in [5, 5.41) is 0. The lowest BCUT2D eigenvalue weighted by Crippen LogP contribution is -2.13. The van der Waals surface area contributed by atoms with Crippen molar-refractivity contribution in [3.63, 3.8) is 0 Å². The van der Waals surface area contributed by atoms with E-state index < -0.39 is 11.7 Å². The third kappa shape index (κ3) is 5.41. The number of carbonyl (C=O) groups excluding carboxylic acids is 1. The van der Waals surface area contributed by atoms with Crippen molar-refractivity contribution in [2.45, 2.75) is 38.3 Å². The van der Waals surface area contributed by atoms with Crippen molar-refractivity contribution in [3.05, 3.63) is 70.8 Å². The lowest BCUT2D eigenvalue weighted by molar-refractivity contribution is -0.138. The first-order valence-corrected chi connectivity index (χ1v) is 7.87. The van der Waals surface area contributed by atoms with Crippen molar-refractivity contribution < 1.29 is 18.0 Å². The smallest absolute Gasteiger partial charge is 0.369 e. The van der Waals surface area contributed by atoms with Crippen LogP contribution in [0.4, 0.5) is 13.2 Å². The first-order chi connectivity index (χ1) is 11.4. The zero-order valence-electron chi connectivity index (χ0n) is 13.3. The van der Waals surface area contributed by atoms with Gasteiger partial charge in [0.05, 0.1) is 12.0 Å². The molecule has 0 bridgehead atoms. The number of benzene rings is 2. The number of carbonyl (C=O) groups is 1. The summed E-state index contributed by atoms with van der Waals surface area (Å²) >= 11 is 0. The number of alkyl halides is 3. The third-order valence-electron chi connectivity index (χ3n) is 3.89. The Kier molecular flexibility index (Phi) is 6.01. The largest absolute Gasteiger partial charge is 0.416 e. The fourth-order valence-electron chi connectivity index (χ4n) is 2.68. The molecule has 128 valence electrons. The normalized spacial score (nSPS) is 11.5. The second-order valence-corrected chi connectivity index (χ2v) is 5.82. The molecule has 1 amide bonds. The van der Waals surface area contributed by atoms with Crippen LogP contribution >= 0.6 is 0 Å². The molecule has 0 atom stereocenters. The van der Waals surface area contributed by atoms with Crippen LogP contribution in [0.25, 0.3) is 0 Å². The average molecular weight is 335 g/mol. The van der Waals surface area contributed by atoms with E-state index >= 15 is 0 Å². The molecule has 2 rings (SSSR count). The Morgan fingerprint density at radius 1 is 0.875 bits per heavy atom. The van der Waals surface area contributed by atoms with E-state index in [4.69, 9.17) is 5.73 Å². The Morgan fingerprint density at radius 2 is 1.46 bits per heavy atom. The Balaban J connectivity index is 1.84. The minimum atomic E-state index is -4.30. The maximum Gasteiger partial charge on any atom is 0.416 e. The van der Waals surface area contributed by atoms with Crippen molar-refractivity contribution in [2.75, 3.05) is 0 Å². The molecule has 0 aliphatic rings. The molecule has 0 saturated carbocycles. The van der Waals surface area contributed by atoms with Crippen LogP contribution in [0.1, 0.15) is 35.1 Å². The molecule has 2 aromatic carbocycles. The van der Waals surface area contributed by atoms with Gasteiger partial charge in [-0.2, -0.15) is 13.2 Å². The maximum atomic E-state index is 12.9. The minimum absolute atomic E-state index is 0.217. The van der Waals surface area contributed by atoms with Crippen molar-refractivity contribution >= 4 is 5.91 Å². The predicted molar refractivity (Wildman–Crippen MR) is 87.4 cm³/mol. The molecule has 0 fully saturated rings. The van der Waals surface area contributed by atoms with Crippen molar-refractivity contribution in [2.24, 2.45) is 5.73 Å². The summed E-state index contributed by atoms with van der Waals surface area (Å²) in [6.45, 7) is 0. The van der Waals surface area contributed by atoms with Crippen LogP contribution < -0.4 is 5.73 Å². The summed E-state index contributed by atoms with van der Waals surface area (Å²) < 4.78 is 38.8. The van der Waals surface area contributed by atoms with Gasteiger partial charge in [0.15, 0.2) is 0 Å². The summed E-state index contributed by atoms with van der Waals surface area (Å²) in [4.78, 5) is 10.8. The maximum absolute atomic E-state index is 12.9. The van der Waals surface area contributed by atoms with Gasteiger partial charge in [0.1, 0.15) is 0 Å². The molecule has 0 aromatic heterocycles. The Hall–Kier alpha value is -2.30. The van der Waals surface area contributed by atoms with Gasteiger partial charge >= 0.3 is 6.18 Å². The Labute approximate surface area is 139 Å². The van der Waals surface area contributed by atoms with Crippen LogP contribution in [0.2, 0.25) is 0 Å². The molecule has 0 saturated heterocycles. The van der Waals surface area contributed by atoms with Gasteiger partial charge in [-0.15, -0.1) is 0 Å². The molecule has 2 nitrogen and oxygen atoms in total. The molecular formula is C19H20F3NO. The van der Waals surface area contributed by atoms with E-state index in [2.05, 4.69) is 0 Å². The highest BCUT2D eigenvalue weighted by atomic mass is 19.4. The number of hydrogen-bond donors (Lipinski definition) is 1.